The smallest absolute Gasteiger partial charge is 0.242 e. The number of carbonyl (C=O) groups excluding carboxylic acids is 1. The van der Waals surface area contributed by atoms with E-state index in [1.165, 1.54) is 0 Å². The molecule has 0 bridgehead atoms. The van der Waals surface area contributed by atoms with Crippen LogP contribution in [0.25, 0.3) is 11.4 Å². The van der Waals surface area contributed by atoms with E-state index in [1.807, 2.05) is 42.2 Å². The summed E-state index contributed by atoms with van der Waals surface area (Å²) in [5.74, 6) is 1.78. The second kappa shape index (κ2) is 7.35. The zero-order chi connectivity index (χ0) is 17.9. The van der Waals surface area contributed by atoms with Crippen molar-refractivity contribution in [2.45, 2.75) is 51.0 Å². The number of likely N-dealkylation sites (tertiary alicyclic amines) is 1. The standard InChI is InChI=1S/C19H27N5O/c1-3-11-19(2,20)18(25)24-12-7-10-15(13-24)17-21-16(22-23-17)14-8-5-4-6-9-14/h4-6,8-9,15H,3,7,10-13,20H2,1-2H3,(H,21,22,23). The topological polar surface area (TPSA) is 87.9 Å². The molecule has 1 aliphatic rings. The van der Waals surface area contributed by atoms with Crippen molar-refractivity contribution in [2.75, 3.05) is 13.1 Å². The Morgan fingerprint density at radius 2 is 2.16 bits per heavy atom. The molecule has 3 rings (SSSR count). The number of piperidine rings is 1. The number of nitrogens with two attached hydrogens (primary N) is 1. The molecule has 134 valence electrons. The predicted octanol–water partition coefficient (Wildman–Crippen LogP) is 2.70. The monoisotopic (exact) mass is 341 g/mol. The van der Waals surface area contributed by atoms with Gasteiger partial charge in [-0.1, -0.05) is 43.7 Å². The van der Waals surface area contributed by atoms with E-state index in [9.17, 15) is 4.79 Å². The Labute approximate surface area is 148 Å². The summed E-state index contributed by atoms with van der Waals surface area (Å²) in [7, 11) is 0. The van der Waals surface area contributed by atoms with Crippen LogP contribution in [0.2, 0.25) is 0 Å². The molecule has 6 nitrogen and oxygen atoms in total. The van der Waals surface area contributed by atoms with Crippen LogP contribution in [0.4, 0.5) is 0 Å². The number of nitrogens with zero attached hydrogens (tertiary/aromatic N) is 3. The van der Waals surface area contributed by atoms with Crippen molar-refractivity contribution in [3.8, 4) is 11.4 Å². The highest BCUT2D eigenvalue weighted by atomic mass is 16.2. The summed E-state index contributed by atoms with van der Waals surface area (Å²) in [4.78, 5) is 19.3. The van der Waals surface area contributed by atoms with E-state index in [-0.39, 0.29) is 11.8 Å². The zero-order valence-corrected chi connectivity index (χ0v) is 15.0. The second-order valence-corrected chi connectivity index (χ2v) is 7.17. The zero-order valence-electron chi connectivity index (χ0n) is 15.0. The summed E-state index contributed by atoms with van der Waals surface area (Å²) in [6.07, 6.45) is 3.56. The molecule has 2 atom stereocenters. The lowest BCUT2D eigenvalue weighted by Gasteiger charge is -2.36. The molecule has 25 heavy (non-hydrogen) atoms. The third-order valence-corrected chi connectivity index (χ3v) is 4.89. The normalized spacial score (nSPS) is 20.3. The Balaban J connectivity index is 1.72. The maximum atomic E-state index is 12.8. The number of hydrogen-bond acceptors (Lipinski definition) is 4. The van der Waals surface area contributed by atoms with Gasteiger partial charge in [0, 0.05) is 24.6 Å². The number of nitrogens with one attached hydrogen (secondary N) is 1. The van der Waals surface area contributed by atoms with Crippen molar-refractivity contribution < 1.29 is 4.79 Å². The molecular weight excluding hydrogens is 314 g/mol. The van der Waals surface area contributed by atoms with Gasteiger partial charge in [-0.3, -0.25) is 9.89 Å². The molecule has 1 saturated heterocycles. The number of hydrogen-bond donors (Lipinski definition) is 2. The SMILES string of the molecule is CCCC(C)(N)C(=O)N1CCCC(c2nc(-c3ccccc3)n[nH]2)C1. The first-order valence-electron chi connectivity index (χ1n) is 9.07. The van der Waals surface area contributed by atoms with Crippen molar-refractivity contribution >= 4 is 5.91 Å². The van der Waals surface area contributed by atoms with Crippen LogP contribution in [0, 0.1) is 0 Å². The van der Waals surface area contributed by atoms with E-state index >= 15 is 0 Å². The van der Waals surface area contributed by atoms with Crippen LogP contribution in [0.15, 0.2) is 30.3 Å². The molecule has 1 aromatic carbocycles. The average molecular weight is 341 g/mol. The van der Waals surface area contributed by atoms with Crippen molar-refractivity contribution in [3.63, 3.8) is 0 Å². The van der Waals surface area contributed by atoms with E-state index in [2.05, 4.69) is 22.1 Å². The third kappa shape index (κ3) is 3.90. The first kappa shape index (κ1) is 17.6. The quantitative estimate of drug-likeness (QED) is 0.875. The van der Waals surface area contributed by atoms with E-state index in [1.54, 1.807) is 0 Å². The molecule has 6 heteroatoms. The molecule has 0 saturated carbocycles. The van der Waals surface area contributed by atoms with Gasteiger partial charge in [-0.05, 0) is 26.2 Å². The highest BCUT2D eigenvalue weighted by Crippen LogP contribution is 2.27. The molecule has 3 N–H and O–H groups in total. The van der Waals surface area contributed by atoms with E-state index in [0.29, 0.717) is 18.8 Å². The molecule has 2 heterocycles. The van der Waals surface area contributed by atoms with Crippen molar-refractivity contribution in [1.82, 2.24) is 20.1 Å². The van der Waals surface area contributed by atoms with Crippen LogP contribution in [0.3, 0.4) is 0 Å². The molecule has 1 amide bonds. The van der Waals surface area contributed by atoms with Crippen molar-refractivity contribution in [2.24, 2.45) is 5.73 Å². The molecule has 2 unspecified atom stereocenters. The Bertz CT molecular complexity index is 710. The van der Waals surface area contributed by atoms with Gasteiger partial charge in [-0.2, -0.15) is 5.10 Å². The lowest BCUT2D eigenvalue weighted by molar-refractivity contribution is -0.138. The summed E-state index contributed by atoms with van der Waals surface area (Å²) in [6, 6.07) is 9.91. The molecule has 2 aromatic rings. The first-order chi connectivity index (χ1) is 12.0. The number of H-pyrrole nitrogens is 1. The van der Waals surface area contributed by atoms with Gasteiger partial charge in [0.15, 0.2) is 5.82 Å². The van der Waals surface area contributed by atoms with Gasteiger partial charge in [-0.15, -0.1) is 0 Å². The largest absolute Gasteiger partial charge is 0.340 e. The van der Waals surface area contributed by atoms with Crippen LogP contribution in [-0.2, 0) is 4.79 Å². The minimum atomic E-state index is -0.784. The molecule has 0 spiro atoms. The highest BCUT2D eigenvalue weighted by molar-refractivity contribution is 5.85. The molecule has 1 aliphatic heterocycles. The molecular formula is C19H27N5O. The van der Waals surface area contributed by atoms with Gasteiger partial charge in [0.1, 0.15) is 5.82 Å². The fourth-order valence-electron chi connectivity index (χ4n) is 3.55. The summed E-state index contributed by atoms with van der Waals surface area (Å²) in [5.41, 5.74) is 6.45. The van der Waals surface area contributed by atoms with Crippen LogP contribution >= 0.6 is 0 Å². The van der Waals surface area contributed by atoms with Gasteiger partial charge in [0.25, 0.3) is 0 Å². The Hall–Kier alpha value is -2.21. The number of benzene rings is 1. The summed E-state index contributed by atoms with van der Waals surface area (Å²) < 4.78 is 0. The Morgan fingerprint density at radius 3 is 2.88 bits per heavy atom. The van der Waals surface area contributed by atoms with Crippen LogP contribution in [0.5, 0.6) is 0 Å². The molecule has 0 aliphatic carbocycles. The molecule has 1 fully saturated rings. The first-order valence-corrected chi connectivity index (χ1v) is 9.07. The number of rotatable bonds is 5. The van der Waals surface area contributed by atoms with E-state index < -0.39 is 5.54 Å². The van der Waals surface area contributed by atoms with Gasteiger partial charge >= 0.3 is 0 Å². The molecule has 1 aromatic heterocycles. The number of amides is 1. The van der Waals surface area contributed by atoms with Gasteiger partial charge in [-0.25, -0.2) is 4.98 Å². The highest BCUT2D eigenvalue weighted by Gasteiger charge is 2.35. The summed E-state index contributed by atoms with van der Waals surface area (Å²) in [6.45, 7) is 5.31. The fraction of sp³-hybridized carbons (Fsp3) is 0.526. The minimum absolute atomic E-state index is 0.0434. The molecule has 0 radical (unpaired) electrons. The van der Waals surface area contributed by atoms with Crippen molar-refractivity contribution in [3.05, 3.63) is 36.2 Å². The minimum Gasteiger partial charge on any atom is -0.340 e. The van der Waals surface area contributed by atoms with Crippen LogP contribution in [0.1, 0.15) is 51.3 Å². The maximum absolute atomic E-state index is 12.8. The third-order valence-electron chi connectivity index (χ3n) is 4.89. The fourth-order valence-corrected chi connectivity index (χ4v) is 3.55. The van der Waals surface area contributed by atoms with Crippen molar-refractivity contribution in [1.29, 1.82) is 0 Å². The summed E-state index contributed by atoms with van der Waals surface area (Å²) in [5, 5.41) is 7.41. The van der Waals surface area contributed by atoms with E-state index in [4.69, 9.17) is 5.73 Å². The number of aromatic amines is 1. The second-order valence-electron chi connectivity index (χ2n) is 7.17. The number of carbonyl (C=O) groups is 1. The van der Waals surface area contributed by atoms with Crippen LogP contribution in [-0.4, -0.2) is 44.6 Å². The lowest BCUT2D eigenvalue weighted by atomic mass is 9.92. The maximum Gasteiger partial charge on any atom is 0.242 e. The average Bonchev–Trinajstić information content (AvgIpc) is 3.12. The van der Waals surface area contributed by atoms with Gasteiger partial charge in [0.2, 0.25) is 5.91 Å². The predicted molar refractivity (Wildman–Crippen MR) is 97.9 cm³/mol. The van der Waals surface area contributed by atoms with Crippen LogP contribution < -0.4 is 5.73 Å². The van der Waals surface area contributed by atoms with Gasteiger partial charge in [0.05, 0.1) is 5.54 Å². The Morgan fingerprint density at radius 1 is 1.40 bits per heavy atom. The van der Waals surface area contributed by atoms with Gasteiger partial charge < -0.3 is 10.6 Å². The lowest BCUT2D eigenvalue weighted by Crippen LogP contribution is -2.55. The Kier molecular flexibility index (Phi) is 5.18. The summed E-state index contributed by atoms with van der Waals surface area (Å²) >= 11 is 0. The number of aromatic nitrogens is 3. The van der Waals surface area contributed by atoms with E-state index in [0.717, 1.165) is 37.2 Å².